The third-order valence-corrected chi connectivity index (χ3v) is 4.46. The average molecular weight is 333 g/mol. The summed E-state index contributed by atoms with van der Waals surface area (Å²) in [5.74, 6) is 1.69. The molecule has 1 amide bonds. The zero-order chi connectivity index (χ0) is 17.1. The molecule has 0 atom stereocenters. The maximum Gasteiger partial charge on any atom is 0.254 e. The minimum Gasteiger partial charge on any atom is -0.445 e. The van der Waals surface area contributed by atoms with Crippen molar-refractivity contribution in [2.45, 2.75) is 25.8 Å². The maximum atomic E-state index is 12.6. The number of hydrogen-bond donors (Lipinski definition) is 0. The lowest BCUT2D eigenvalue weighted by molar-refractivity contribution is 0.0727. The molecule has 25 heavy (non-hydrogen) atoms. The number of aromatic nitrogens is 2. The Kier molecular flexibility index (Phi) is 4.29. The second-order valence-corrected chi connectivity index (χ2v) is 6.18. The van der Waals surface area contributed by atoms with E-state index in [2.05, 4.69) is 22.1 Å². The normalized spacial score (nSPS) is 13.5. The van der Waals surface area contributed by atoms with Gasteiger partial charge in [0.1, 0.15) is 11.5 Å². The van der Waals surface area contributed by atoms with E-state index in [0.717, 1.165) is 30.2 Å². The molecule has 2 aromatic heterocycles. The van der Waals surface area contributed by atoms with E-state index < -0.39 is 0 Å². The van der Waals surface area contributed by atoms with Crippen molar-refractivity contribution < 1.29 is 9.21 Å². The molecule has 5 heteroatoms. The van der Waals surface area contributed by atoms with Crippen LogP contribution in [-0.4, -0.2) is 27.3 Å². The first-order chi connectivity index (χ1) is 12.3. The van der Waals surface area contributed by atoms with Crippen LogP contribution < -0.4 is 0 Å². The molecule has 3 heterocycles. The van der Waals surface area contributed by atoms with Gasteiger partial charge >= 0.3 is 0 Å². The fourth-order valence-corrected chi connectivity index (χ4v) is 3.11. The summed E-state index contributed by atoms with van der Waals surface area (Å²) >= 11 is 0. The lowest BCUT2D eigenvalue weighted by Gasteiger charge is -2.25. The minimum atomic E-state index is 0.0156. The minimum absolute atomic E-state index is 0.0156. The molecule has 1 aromatic carbocycles. The third kappa shape index (κ3) is 3.45. The quantitative estimate of drug-likeness (QED) is 0.736. The van der Waals surface area contributed by atoms with Crippen LogP contribution in [0, 0.1) is 0 Å². The summed E-state index contributed by atoms with van der Waals surface area (Å²) in [4.78, 5) is 23.0. The van der Waals surface area contributed by atoms with Crippen molar-refractivity contribution in [1.29, 1.82) is 0 Å². The summed E-state index contributed by atoms with van der Waals surface area (Å²) in [7, 11) is 0. The number of aryl methyl sites for hydroxylation is 2. The molecule has 1 aliphatic heterocycles. The van der Waals surface area contributed by atoms with Crippen molar-refractivity contribution >= 4 is 5.91 Å². The van der Waals surface area contributed by atoms with Crippen LogP contribution in [-0.2, 0) is 25.8 Å². The number of carbonyl (C=O) groups excluding carboxylic acids is 1. The van der Waals surface area contributed by atoms with Gasteiger partial charge < -0.3 is 9.32 Å². The number of oxazole rings is 1. The van der Waals surface area contributed by atoms with Gasteiger partial charge in [-0.2, -0.15) is 0 Å². The van der Waals surface area contributed by atoms with Gasteiger partial charge in [-0.25, -0.2) is 4.98 Å². The maximum absolute atomic E-state index is 12.6. The fourth-order valence-electron chi connectivity index (χ4n) is 3.11. The van der Waals surface area contributed by atoms with Crippen LogP contribution in [0.3, 0.4) is 0 Å². The van der Waals surface area contributed by atoms with E-state index in [1.165, 1.54) is 5.56 Å². The molecule has 3 aromatic rings. The molecule has 0 N–H and O–H groups in total. The second-order valence-electron chi connectivity index (χ2n) is 6.18. The van der Waals surface area contributed by atoms with Crippen LogP contribution in [0.2, 0.25) is 0 Å². The van der Waals surface area contributed by atoms with Crippen molar-refractivity contribution in [1.82, 2.24) is 14.9 Å². The summed E-state index contributed by atoms with van der Waals surface area (Å²) in [5.41, 5.74) is 2.82. The van der Waals surface area contributed by atoms with Gasteiger partial charge in [-0.05, 0) is 24.1 Å². The Morgan fingerprint density at radius 2 is 1.88 bits per heavy atom. The molecule has 0 fully saturated rings. The third-order valence-electron chi connectivity index (χ3n) is 4.46. The fraction of sp³-hybridized carbons (Fsp3) is 0.250. The first-order valence-electron chi connectivity index (χ1n) is 8.50. The lowest BCUT2D eigenvalue weighted by Crippen LogP contribution is -2.35. The second kappa shape index (κ2) is 6.89. The molecule has 0 spiro atoms. The molecular weight excluding hydrogens is 314 g/mol. The number of rotatable bonds is 4. The molecule has 0 aliphatic carbocycles. The first kappa shape index (κ1) is 15.6. The van der Waals surface area contributed by atoms with E-state index in [9.17, 15) is 4.79 Å². The smallest absolute Gasteiger partial charge is 0.254 e. The molecule has 0 bridgehead atoms. The highest BCUT2D eigenvalue weighted by Gasteiger charge is 2.26. The molecule has 126 valence electrons. The highest BCUT2D eigenvalue weighted by molar-refractivity contribution is 5.94. The Morgan fingerprint density at radius 3 is 2.68 bits per heavy atom. The molecule has 1 aliphatic rings. The van der Waals surface area contributed by atoms with Crippen LogP contribution in [0.4, 0.5) is 0 Å². The number of pyridine rings is 1. The van der Waals surface area contributed by atoms with Gasteiger partial charge in [0.2, 0.25) is 0 Å². The Balaban J connectivity index is 1.43. The zero-order valence-corrected chi connectivity index (χ0v) is 13.9. The van der Waals surface area contributed by atoms with E-state index in [1.807, 2.05) is 23.1 Å². The summed E-state index contributed by atoms with van der Waals surface area (Å²) < 4.78 is 5.90. The van der Waals surface area contributed by atoms with Crippen molar-refractivity contribution in [2.75, 3.05) is 6.54 Å². The Morgan fingerprint density at radius 1 is 1.08 bits per heavy atom. The number of nitrogens with zero attached hydrogens (tertiary/aromatic N) is 3. The first-order valence-corrected chi connectivity index (χ1v) is 8.50. The Hall–Kier alpha value is -2.95. The van der Waals surface area contributed by atoms with E-state index in [-0.39, 0.29) is 5.91 Å². The molecule has 0 saturated carbocycles. The highest BCUT2D eigenvalue weighted by Crippen LogP contribution is 2.22. The predicted octanol–water partition coefficient (Wildman–Crippen LogP) is 3.05. The van der Waals surface area contributed by atoms with E-state index in [4.69, 9.17) is 4.42 Å². The Bertz CT molecular complexity index is 859. The summed E-state index contributed by atoms with van der Waals surface area (Å²) in [6, 6.07) is 13.8. The van der Waals surface area contributed by atoms with Gasteiger partial charge in [0.25, 0.3) is 5.91 Å². The van der Waals surface area contributed by atoms with Crippen LogP contribution in [0.15, 0.2) is 59.3 Å². The van der Waals surface area contributed by atoms with Gasteiger partial charge in [0, 0.05) is 37.3 Å². The van der Waals surface area contributed by atoms with Crippen LogP contribution >= 0.6 is 0 Å². The van der Waals surface area contributed by atoms with Crippen molar-refractivity contribution in [3.8, 4) is 0 Å². The predicted molar refractivity (Wildman–Crippen MR) is 93.0 cm³/mol. The Labute approximate surface area is 146 Å². The molecule has 4 rings (SSSR count). The van der Waals surface area contributed by atoms with Crippen LogP contribution in [0.25, 0.3) is 0 Å². The largest absolute Gasteiger partial charge is 0.445 e. The number of benzene rings is 1. The van der Waals surface area contributed by atoms with Gasteiger partial charge in [0.15, 0.2) is 5.89 Å². The van der Waals surface area contributed by atoms with Crippen molar-refractivity contribution in [3.05, 3.63) is 83.3 Å². The summed E-state index contributed by atoms with van der Waals surface area (Å²) in [5, 5.41) is 0. The number of fused-ring (bicyclic) bond motifs is 1. The molecule has 0 radical (unpaired) electrons. The molecule has 0 unspecified atom stereocenters. The molecule has 5 nitrogen and oxygen atoms in total. The summed E-state index contributed by atoms with van der Waals surface area (Å²) in [6.07, 6.45) is 5.67. The van der Waals surface area contributed by atoms with Gasteiger partial charge in [-0.1, -0.05) is 30.3 Å². The van der Waals surface area contributed by atoms with Crippen LogP contribution in [0.1, 0.15) is 33.3 Å². The standard InChI is InChI=1S/C20H19N3O2/c24-20(16-8-11-21-12-9-16)23-13-10-18-17(14-23)22-19(25-18)7-6-15-4-2-1-3-5-15/h1-5,8-9,11-12H,6-7,10,13-14H2. The van der Waals surface area contributed by atoms with E-state index >= 15 is 0 Å². The van der Waals surface area contributed by atoms with E-state index in [1.54, 1.807) is 24.5 Å². The van der Waals surface area contributed by atoms with E-state index in [0.29, 0.717) is 25.1 Å². The van der Waals surface area contributed by atoms with Crippen LogP contribution in [0.5, 0.6) is 0 Å². The van der Waals surface area contributed by atoms with Gasteiger partial charge in [0.05, 0.1) is 6.54 Å². The number of hydrogen-bond acceptors (Lipinski definition) is 4. The van der Waals surface area contributed by atoms with Gasteiger partial charge in [-0.15, -0.1) is 0 Å². The van der Waals surface area contributed by atoms with Crippen molar-refractivity contribution in [3.63, 3.8) is 0 Å². The average Bonchev–Trinajstić information content (AvgIpc) is 3.09. The zero-order valence-electron chi connectivity index (χ0n) is 13.9. The highest BCUT2D eigenvalue weighted by atomic mass is 16.4. The van der Waals surface area contributed by atoms with Gasteiger partial charge in [-0.3, -0.25) is 9.78 Å². The molecule has 0 saturated heterocycles. The topological polar surface area (TPSA) is 59.2 Å². The lowest BCUT2D eigenvalue weighted by atomic mass is 10.1. The SMILES string of the molecule is O=C(c1ccncc1)N1CCc2oc(CCc3ccccc3)nc2C1. The number of amides is 1. The summed E-state index contributed by atoms with van der Waals surface area (Å²) in [6.45, 7) is 1.16. The molecular formula is C20H19N3O2. The van der Waals surface area contributed by atoms with Crippen molar-refractivity contribution in [2.24, 2.45) is 0 Å². The monoisotopic (exact) mass is 333 g/mol. The number of carbonyl (C=O) groups is 1.